The van der Waals surface area contributed by atoms with Crippen molar-refractivity contribution in [1.82, 2.24) is 0 Å². The Hall–Kier alpha value is -0.440. The summed E-state index contributed by atoms with van der Waals surface area (Å²) in [6.45, 7) is 2.68. The van der Waals surface area contributed by atoms with E-state index < -0.39 is 0 Å². The third-order valence-electron chi connectivity index (χ3n) is 5.48. The Labute approximate surface area is 188 Å². The maximum Gasteiger partial charge on any atom is 0.305 e. The zero-order valence-electron chi connectivity index (χ0n) is 19.5. The number of ether oxygens (including phenoxy) is 1. The van der Waals surface area contributed by atoms with Gasteiger partial charge in [0.1, 0.15) is 6.61 Å². The van der Waals surface area contributed by atoms with Crippen molar-refractivity contribution in [2.75, 3.05) is 12.4 Å². The fourth-order valence-electron chi connectivity index (χ4n) is 3.64. The van der Waals surface area contributed by atoms with Crippen LogP contribution in [0.1, 0.15) is 135 Å². The van der Waals surface area contributed by atoms with Gasteiger partial charge in [0.05, 0.1) is 0 Å². The summed E-state index contributed by atoms with van der Waals surface area (Å²) in [5.74, 6) is 0.553. The van der Waals surface area contributed by atoms with Gasteiger partial charge in [-0.3, -0.25) is 4.79 Å². The van der Waals surface area contributed by atoms with E-state index in [-0.39, 0.29) is 5.97 Å². The lowest BCUT2D eigenvalue weighted by Crippen LogP contribution is -2.06. The van der Waals surface area contributed by atoms with Crippen LogP contribution in [-0.4, -0.2) is 18.3 Å². The molecule has 0 amide bonds. The van der Waals surface area contributed by atoms with Gasteiger partial charge < -0.3 is 4.74 Å². The lowest BCUT2D eigenvalue weighted by Gasteiger charge is -2.04. The molecule has 0 unspecified atom stereocenters. The van der Waals surface area contributed by atoms with E-state index in [1.165, 1.54) is 109 Å². The predicted molar refractivity (Wildman–Crippen MR) is 132 cm³/mol. The van der Waals surface area contributed by atoms with Crippen molar-refractivity contribution in [1.29, 1.82) is 0 Å². The van der Waals surface area contributed by atoms with E-state index in [9.17, 15) is 4.79 Å². The molecule has 29 heavy (non-hydrogen) atoms. The Balaban J connectivity index is 3.07. The number of esters is 1. The minimum atomic E-state index is -0.0609. The second-order valence-electron chi connectivity index (χ2n) is 8.40. The fraction of sp³-hybridized carbons (Fsp3) is 0.885. The molecule has 0 saturated carbocycles. The third-order valence-corrected chi connectivity index (χ3v) is 5.66. The van der Waals surface area contributed by atoms with Gasteiger partial charge in [-0.05, 0) is 25.7 Å². The minimum absolute atomic E-state index is 0.0609. The molecule has 3 heteroatoms. The van der Waals surface area contributed by atoms with Gasteiger partial charge in [0.15, 0.2) is 0 Å². The third kappa shape index (κ3) is 25.5. The van der Waals surface area contributed by atoms with Crippen LogP contribution in [0, 0.1) is 0 Å². The van der Waals surface area contributed by atoms with E-state index in [0.717, 1.165) is 12.8 Å². The average Bonchev–Trinajstić information content (AvgIpc) is 2.73. The van der Waals surface area contributed by atoms with E-state index in [4.69, 9.17) is 4.74 Å². The van der Waals surface area contributed by atoms with Crippen LogP contribution in [0.5, 0.6) is 0 Å². The first-order valence-corrected chi connectivity index (χ1v) is 13.4. The quantitative estimate of drug-likeness (QED) is 0.0764. The minimum Gasteiger partial charge on any atom is -0.465 e. The van der Waals surface area contributed by atoms with Gasteiger partial charge in [-0.2, -0.15) is 12.6 Å². The van der Waals surface area contributed by atoms with Crippen molar-refractivity contribution in [3.8, 4) is 0 Å². The first-order valence-electron chi connectivity index (χ1n) is 12.7. The Bertz CT molecular complexity index is 355. The number of hydrogen-bond acceptors (Lipinski definition) is 3. The molecule has 0 aliphatic rings. The van der Waals surface area contributed by atoms with Crippen LogP contribution in [-0.2, 0) is 9.53 Å². The number of rotatable bonds is 23. The van der Waals surface area contributed by atoms with Crippen LogP contribution >= 0.6 is 12.6 Å². The fourth-order valence-corrected chi connectivity index (χ4v) is 3.73. The molecule has 0 bridgehead atoms. The summed E-state index contributed by atoms with van der Waals surface area (Å²) in [7, 11) is 0. The second-order valence-corrected chi connectivity index (χ2v) is 8.85. The molecule has 0 saturated heterocycles. The van der Waals surface area contributed by atoms with Crippen LogP contribution in [0.25, 0.3) is 0 Å². The number of thiol groups is 1. The van der Waals surface area contributed by atoms with Crippen molar-refractivity contribution < 1.29 is 9.53 Å². The molecule has 0 aromatic carbocycles. The average molecular weight is 427 g/mol. The molecule has 0 radical (unpaired) electrons. The monoisotopic (exact) mass is 426 g/mol. The zero-order valence-corrected chi connectivity index (χ0v) is 20.4. The van der Waals surface area contributed by atoms with E-state index in [0.29, 0.717) is 18.8 Å². The molecule has 0 N–H and O–H groups in total. The summed E-state index contributed by atoms with van der Waals surface area (Å²) in [5, 5.41) is 0. The molecule has 2 nitrogen and oxygen atoms in total. The lowest BCUT2D eigenvalue weighted by atomic mass is 10.0. The summed E-state index contributed by atoms with van der Waals surface area (Å²) in [5.41, 5.74) is 0. The van der Waals surface area contributed by atoms with Gasteiger partial charge in [0, 0.05) is 12.2 Å². The summed E-state index contributed by atoms with van der Waals surface area (Å²) in [6.07, 6.45) is 30.8. The van der Waals surface area contributed by atoms with Gasteiger partial charge in [0.25, 0.3) is 0 Å². The summed E-state index contributed by atoms with van der Waals surface area (Å²) in [4.78, 5) is 11.3. The number of allylic oxidation sites excluding steroid dienone is 2. The molecule has 172 valence electrons. The molecule has 0 heterocycles. The van der Waals surface area contributed by atoms with Crippen LogP contribution < -0.4 is 0 Å². The maximum absolute atomic E-state index is 11.3. The van der Waals surface area contributed by atoms with Gasteiger partial charge in [-0.1, -0.05) is 115 Å². The van der Waals surface area contributed by atoms with E-state index in [1.807, 2.05) is 0 Å². The molecular formula is C26H50O2S. The maximum atomic E-state index is 11.3. The standard InChI is InChI=1S/C26H50O2S/c1-2-3-4-5-6-7-8-9-10-11-12-13-14-15-16-17-18-19-20-21-22-23-26(27)28-24-25-29/h4-5,29H,2-3,6-25H2,1H3/b5-4+. The summed E-state index contributed by atoms with van der Waals surface area (Å²) >= 11 is 4.03. The molecule has 0 aliphatic heterocycles. The van der Waals surface area contributed by atoms with Crippen LogP contribution in [0.2, 0.25) is 0 Å². The molecule has 0 atom stereocenters. The highest BCUT2D eigenvalue weighted by Gasteiger charge is 2.01. The largest absolute Gasteiger partial charge is 0.465 e. The first-order chi connectivity index (χ1) is 14.3. The van der Waals surface area contributed by atoms with E-state index in [1.54, 1.807) is 0 Å². The van der Waals surface area contributed by atoms with Crippen molar-refractivity contribution in [2.24, 2.45) is 0 Å². The van der Waals surface area contributed by atoms with Gasteiger partial charge >= 0.3 is 5.97 Å². The molecule has 0 aliphatic carbocycles. The number of carbonyl (C=O) groups is 1. The van der Waals surface area contributed by atoms with Gasteiger partial charge in [-0.15, -0.1) is 0 Å². The SMILES string of the molecule is CCC/C=C/CCCCCCCCCCCCCCCCCCC(=O)OCCS. The number of hydrogen-bond donors (Lipinski definition) is 1. The first kappa shape index (κ1) is 28.6. The second kappa shape index (κ2) is 25.6. The van der Waals surface area contributed by atoms with Crippen LogP contribution in [0.3, 0.4) is 0 Å². The lowest BCUT2D eigenvalue weighted by molar-refractivity contribution is -0.143. The highest BCUT2D eigenvalue weighted by molar-refractivity contribution is 7.80. The van der Waals surface area contributed by atoms with Crippen molar-refractivity contribution >= 4 is 18.6 Å². The Morgan fingerprint density at radius 2 is 1.07 bits per heavy atom. The molecule has 0 aromatic heterocycles. The Morgan fingerprint density at radius 3 is 1.52 bits per heavy atom. The highest BCUT2D eigenvalue weighted by Crippen LogP contribution is 2.14. The smallest absolute Gasteiger partial charge is 0.305 e. The molecular weight excluding hydrogens is 376 g/mol. The number of carbonyl (C=O) groups excluding carboxylic acids is 1. The summed E-state index contributed by atoms with van der Waals surface area (Å²) < 4.78 is 5.02. The topological polar surface area (TPSA) is 26.3 Å². The Morgan fingerprint density at radius 1 is 0.655 bits per heavy atom. The Kier molecular flexibility index (Phi) is 25.2. The van der Waals surface area contributed by atoms with Crippen molar-refractivity contribution in [3.63, 3.8) is 0 Å². The van der Waals surface area contributed by atoms with E-state index in [2.05, 4.69) is 31.7 Å². The molecule has 0 aromatic rings. The number of unbranched alkanes of at least 4 members (excludes halogenated alkanes) is 17. The molecule has 0 spiro atoms. The normalized spacial score (nSPS) is 11.4. The van der Waals surface area contributed by atoms with E-state index >= 15 is 0 Å². The van der Waals surface area contributed by atoms with Gasteiger partial charge in [0.2, 0.25) is 0 Å². The predicted octanol–water partition coefficient (Wildman–Crippen LogP) is 8.84. The van der Waals surface area contributed by atoms with Crippen molar-refractivity contribution in [3.05, 3.63) is 12.2 Å². The molecule has 0 rings (SSSR count). The van der Waals surface area contributed by atoms with Gasteiger partial charge in [-0.25, -0.2) is 0 Å². The summed E-state index contributed by atoms with van der Waals surface area (Å²) in [6, 6.07) is 0. The van der Waals surface area contributed by atoms with Crippen LogP contribution in [0.4, 0.5) is 0 Å². The highest BCUT2D eigenvalue weighted by atomic mass is 32.1. The molecule has 0 fully saturated rings. The van der Waals surface area contributed by atoms with Crippen molar-refractivity contribution in [2.45, 2.75) is 135 Å². The van der Waals surface area contributed by atoms with Crippen LogP contribution in [0.15, 0.2) is 12.2 Å². The zero-order chi connectivity index (χ0) is 21.3.